The number of nitrogens with zero attached hydrogens (tertiary/aromatic N) is 1. The molecule has 1 nitrogen and oxygen atoms in total. The maximum absolute atomic E-state index is 12.9. The molecule has 0 aromatic heterocycles. The molecular formula is C14H18FN. The molecule has 0 heterocycles. The zero-order valence-electron chi connectivity index (χ0n) is 10.2. The van der Waals surface area contributed by atoms with Gasteiger partial charge < -0.3 is 0 Å². The smallest absolute Gasteiger partial charge is 0.123 e. The highest BCUT2D eigenvalue weighted by Crippen LogP contribution is 2.08. The van der Waals surface area contributed by atoms with Crippen LogP contribution in [0.15, 0.2) is 18.2 Å². The Morgan fingerprint density at radius 1 is 1.25 bits per heavy atom. The van der Waals surface area contributed by atoms with Gasteiger partial charge in [-0.3, -0.25) is 4.90 Å². The Morgan fingerprint density at radius 2 is 1.94 bits per heavy atom. The van der Waals surface area contributed by atoms with E-state index in [1.165, 1.54) is 12.1 Å². The van der Waals surface area contributed by atoms with Crippen LogP contribution in [0.2, 0.25) is 0 Å². The summed E-state index contributed by atoms with van der Waals surface area (Å²) in [7, 11) is 0. The van der Waals surface area contributed by atoms with Crippen LogP contribution in [0, 0.1) is 24.6 Å². The quantitative estimate of drug-likeness (QED) is 0.707. The Balaban J connectivity index is 2.69. The minimum absolute atomic E-state index is 0.202. The Morgan fingerprint density at radius 3 is 2.50 bits per heavy atom. The van der Waals surface area contributed by atoms with Gasteiger partial charge in [0.15, 0.2) is 0 Å². The molecule has 0 bridgehead atoms. The number of hydrogen-bond donors (Lipinski definition) is 0. The van der Waals surface area contributed by atoms with Crippen LogP contribution < -0.4 is 0 Å². The summed E-state index contributed by atoms with van der Waals surface area (Å²) >= 11 is 0. The summed E-state index contributed by atoms with van der Waals surface area (Å²) in [6.45, 7) is 8.90. The van der Waals surface area contributed by atoms with Gasteiger partial charge in [0, 0.05) is 5.56 Å². The Kier molecular flexibility index (Phi) is 5.01. The standard InChI is InChI=1S/C14H18FN/c1-4-16(5-2)10-6-7-13-8-9-14(15)11-12(13)3/h8-9,11H,4-5,10H2,1-3H3. The normalized spacial score (nSPS) is 10.1. The van der Waals surface area contributed by atoms with Gasteiger partial charge in [-0.1, -0.05) is 25.7 Å². The van der Waals surface area contributed by atoms with Gasteiger partial charge in [0.2, 0.25) is 0 Å². The molecule has 1 rings (SSSR count). The van der Waals surface area contributed by atoms with Gasteiger partial charge in [0.25, 0.3) is 0 Å². The van der Waals surface area contributed by atoms with Crippen molar-refractivity contribution in [2.45, 2.75) is 20.8 Å². The number of halogens is 1. The third-order valence-electron chi connectivity index (χ3n) is 2.61. The first-order valence-electron chi connectivity index (χ1n) is 5.64. The lowest BCUT2D eigenvalue weighted by atomic mass is 10.1. The lowest BCUT2D eigenvalue weighted by Crippen LogP contribution is -2.22. The van der Waals surface area contributed by atoms with Gasteiger partial charge in [-0.25, -0.2) is 4.39 Å². The Labute approximate surface area is 97.3 Å². The predicted octanol–water partition coefficient (Wildman–Crippen LogP) is 2.83. The zero-order valence-corrected chi connectivity index (χ0v) is 10.2. The van der Waals surface area contributed by atoms with Crippen LogP contribution in [0.4, 0.5) is 4.39 Å². The van der Waals surface area contributed by atoms with Gasteiger partial charge >= 0.3 is 0 Å². The summed E-state index contributed by atoms with van der Waals surface area (Å²) in [6.07, 6.45) is 0. The van der Waals surface area contributed by atoms with Crippen molar-refractivity contribution in [3.05, 3.63) is 35.1 Å². The van der Waals surface area contributed by atoms with Gasteiger partial charge in [-0.2, -0.15) is 0 Å². The number of hydrogen-bond acceptors (Lipinski definition) is 1. The molecule has 86 valence electrons. The maximum atomic E-state index is 12.9. The van der Waals surface area contributed by atoms with Crippen LogP contribution in [0.5, 0.6) is 0 Å². The van der Waals surface area contributed by atoms with Crippen LogP contribution >= 0.6 is 0 Å². The molecule has 0 aliphatic heterocycles. The van der Waals surface area contributed by atoms with Crippen LogP contribution in [0.1, 0.15) is 25.0 Å². The average Bonchev–Trinajstić information content (AvgIpc) is 2.27. The molecule has 0 unspecified atom stereocenters. The molecule has 0 aliphatic rings. The Hall–Kier alpha value is -1.33. The minimum Gasteiger partial charge on any atom is -0.293 e. The van der Waals surface area contributed by atoms with Crippen molar-refractivity contribution in [1.82, 2.24) is 4.90 Å². The van der Waals surface area contributed by atoms with E-state index in [1.807, 2.05) is 6.92 Å². The third kappa shape index (κ3) is 3.67. The number of aryl methyl sites for hydroxylation is 1. The zero-order chi connectivity index (χ0) is 12.0. The molecule has 0 atom stereocenters. The average molecular weight is 219 g/mol. The van der Waals surface area contributed by atoms with Crippen molar-refractivity contribution in [1.29, 1.82) is 0 Å². The van der Waals surface area contributed by atoms with Gasteiger partial charge in [-0.05, 0) is 43.8 Å². The fourth-order valence-corrected chi connectivity index (χ4v) is 1.46. The SMILES string of the molecule is CCN(CC)CC#Cc1ccc(F)cc1C. The minimum atomic E-state index is -0.202. The van der Waals surface area contributed by atoms with Crippen LogP contribution in [-0.4, -0.2) is 24.5 Å². The summed E-state index contributed by atoms with van der Waals surface area (Å²) in [5, 5.41) is 0. The van der Waals surface area contributed by atoms with Crippen LogP contribution in [0.3, 0.4) is 0 Å². The predicted molar refractivity (Wildman–Crippen MR) is 65.8 cm³/mol. The maximum Gasteiger partial charge on any atom is 0.123 e. The van der Waals surface area contributed by atoms with E-state index in [1.54, 1.807) is 6.07 Å². The Bertz CT molecular complexity index is 397. The molecule has 1 aromatic rings. The first kappa shape index (κ1) is 12.7. The van der Waals surface area contributed by atoms with E-state index in [9.17, 15) is 4.39 Å². The van der Waals surface area contributed by atoms with E-state index in [4.69, 9.17) is 0 Å². The highest BCUT2D eigenvalue weighted by atomic mass is 19.1. The summed E-state index contributed by atoms with van der Waals surface area (Å²) in [5.74, 6) is 6.00. The molecule has 0 amide bonds. The molecule has 2 heteroatoms. The van der Waals surface area contributed by atoms with Crippen molar-refractivity contribution >= 4 is 0 Å². The van der Waals surface area contributed by atoms with E-state index >= 15 is 0 Å². The second-order valence-electron chi connectivity index (χ2n) is 3.72. The fourth-order valence-electron chi connectivity index (χ4n) is 1.46. The molecule has 0 spiro atoms. The fraction of sp³-hybridized carbons (Fsp3) is 0.429. The molecule has 0 saturated carbocycles. The van der Waals surface area contributed by atoms with Crippen molar-refractivity contribution in [3.8, 4) is 11.8 Å². The topological polar surface area (TPSA) is 3.24 Å². The highest BCUT2D eigenvalue weighted by Gasteiger charge is 1.97. The molecule has 0 aliphatic carbocycles. The van der Waals surface area contributed by atoms with E-state index in [0.29, 0.717) is 0 Å². The van der Waals surface area contributed by atoms with Crippen molar-refractivity contribution < 1.29 is 4.39 Å². The monoisotopic (exact) mass is 219 g/mol. The molecule has 16 heavy (non-hydrogen) atoms. The van der Waals surface area contributed by atoms with E-state index in [-0.39, 0.29) is 5.82 Å². The summed E-state index contributed by atoms with van der Waals surface area (Å²) in [4.78, 5) is 2.24. The van der Waals surface area contributed by atoms with E-state index in [0.717, 1.165) is 30.8 Å². The molecule has 0 radical (unpaired) electrons. The van der Waals surface area contributed by atoms with Gasteiger partial charge in [-0.15, -0.1) is 0 Å². The van der Waals surface area contributed by atoms with Gasteiger partial charge in [0.1, 0.15) is 5.82 Å². The van der Waals surface area contributed by atoms with Gasteiger partial charge in [0.05, 0.1) is 6.54 Å². The summed E-state index contributed by atoms with van der Waals surface area (Å²) < 4.78 is 12.9. The lowest BCUT2D eigenvalue weighted by molar-refractivity contribution is 0.342. The third-order valence-corrected chi connectivity index (χ3v) is 2.61. The second kappa shape index (κ2) is 6.30. The van der Waals surface area contributed by atoms with Crippen molar-refractivity contribution in [3.63, 3.8) is 0 Å². The summed E-state index contributed by atoms with van der Waals surface area (Å²) in [6, 6.07) is 4.70. The lowest BCUT2D eigenvalue weighted by Gasteiger charge is -2.13. The molecule has 0 fully saturated rings. The molecule has 0 N–H and O–H groups in total. The van der Waals surface area contributed by atoms with E-state index in [2.05, 4.69) is 30.6 Å². The number of rotatable bonds is 3. The molecule has 0 saturated heterocycles. The highest BCUT2D eigenvalue weighted by molar-refractivity contribution is 5.40. The van der Waals surface area contributed by atoms with Crippen LogP contribution in [0.25, 0.3) is 0 Å². The first-order valence-corrected chi connectivity index (χ1v) is 5.64. The first-order chi connectivity index (χ1) is 7.67. The largest absolute Gasteiger partial charge is 0.293 e. The van der Waals surface area contributed by atoms with Crippen molar-refractivity contribution in [2.24, 2.45) is 0 Å². The summed E-state index contributed by atoms with van der Waals surface area (Å²) in [5.41, 5.74) is 1.81. The second-order valence-corrected chi connectivity index (χ2v) is 3.72. The van der Waals surface area contributed by atoms with E-state index < -0.39 is 0 Å². The number of benzene rings is 1. The van der Waals surface area contributed by atoms with Crippen LogP contribution in [-0.2, 0) is 0 Å². The van der Waals surface area contributed by atoms with Crippen molar-refractivity contribution in [2.75, 3.05) is 19.6 Å². The molecular weight excluding hydrogens is 201 g/mol. The molecule has 1 aromatic carbocycles.